The third-order valence-corrected chi connectivity index (χ3v) is 3.03. The Morgan fingerprint density at radius 1 is 1.58 bits per heavy atom. The molecule has 5 nitrogen and oxygen atoms in total. The van der Waals surface area contributed by atoms with Gasteiger partial charge in [0.05, 0.1) is 6.54 Å². The summed E-state index contributed by atoms with van der Waals surface area (Å²) in [6.45, 7) is 3.99. The van der Waals surface area contributed by atoms with Crippen LogP contribution < -0.4 is 15.8 Å². The summed E-state index contributed by atoms with van der Waals surface area (Å²) in [5.74, 6) is 0.231. The molecule has 0 radical (unpaired) electrons. The highest BCUT2D eigenvalue weighted by Crippen LogP contribution is 2.24. The van der Waals surface area contributed by atoms with Crippen molar-refractivity contribution in [2.45, 2.75) is 13.0 Å². The predicted molar refractivity (Wildman–Crippen MR) is 69.5 cm³/mol. The average Bonchev–Trinajstić information content (AvgIpc) is 2.77. The number of hydrogen-bond donors (Lipinski definition) is 2. The van der Waals surface area contributed by atoms with Crippen LogP contribution in [0, 0.1) is 5.82 Å². The topological polar surface area (TPSA) is 67.6 Å². The molecule has 2 rings (SSSR count). The molecule has 1 aliphatic heterocycles. The molecular formula is C13H18FN3O2. The molecule has 1 aromatic rings. The molecule has 0 bridgehead atoms. The van der Waals surface area contributed by atoms with Gasteiger partial charge in [-0.05, 0) is 25.1 Å². The van der Waals surface area contributed by atoms with E-state index in [0.29, 0.717) is 37.6 Å². The van der Waals surface area contributed by atoms with Crippen molar-refractivity contribution in [1.29, 1.82) is 0 Å². The van der Waals surface area contributed by atoms with E-state index in [1.54, 1.807) is 17.9 Å². The average molecular weight is 267 g/mol. The van der Waals surface area contributed by atoms with Crippen molar-refractivity contribution in [2.24, 2.45) is 5.73 Å². The van der Waals surface area contributed by atoms with Crippen LogP contribution in [0.25, 0.3) is 0 Å². The highest BCUT2D eigenvalue weighted by molar-refractivity contribution is 5.76. The maximum Gasteiger partial charge on any atom is 0.317 e. The van der Waals surface area contributed by atoms with Crippen molar-refractivity contribution < 1.29 is 13.9 Å². The summed E-state index contributed by atoms with van der Waals surface area (Å²) >= 11 is 0. The highest BCUT2D eigenvalue weighted by Gasteiger charge is 2.19. The molecule has 1 atom stereocenters. The molecule has 1 fully saturated rings. The number of nitrogens with zero attached hydrogens (tertiary/aromatic N) is 1. The van der Waals surface area contributed by atoms with Crippen LogP contribution in [-0.2, 0) is 0 Å². The number of ether oxygens (including phenoxy) is 1. The summed E-state index contributed by atoms with van der Waals surface area (Å²) in [7, 11) is 0. The lowest BCUT2D eigenvalue weighted by Gasteiger charge is -2.17. The number of carbonyl (C=O) groups is 1. The van der Waals surface area contributed by atoms with Gasteiger partial charge in [-0.2, -0.15) is 0 Å². The van der Waals surface area contributed by atoms with Crippen molar-refractivity contribution in [1.82, 2.24) is 10.2 Å². The van der Waals surface area contributed by atoms with Crippen LogP contribution in [0.2, 0.25) is 0 Å². The largest absolute Gasteiger partial charge is 0.491 e. The molecule has 0 aromatic heterocycles. The van der Waals surface area contributed by atoms with Gasteiger partial charge in [-0.25, -0.2) is 9.18 Å². The van der Waals surface area contributed by atoms with Gasteiger partial charge in [0.2, 0.25) is 0 Å². The molecule has 2 amide bonds. The fourth-order valence-corrected chi connectivity index (χ4v) is 2.00. The molecular weight excluding hydrogens is 249 g/mol. The Morgan fingerprint density at radius 2 is 2.37 bits per heavy atom. The number of benzene rings is 1. The van der Waals surface area contributed by atoms with Crippen molar-refractivity contribution in [3.05, 3.63) is 29.6 Å². The molecule has 0 spiro atoms. The van der Waals surface area contributed by atoms with Gasteiger partial charge in [0.1, 0.15) is 18.2 Å². The molecule has 3 N–H and O–H groups in total. The summed E-state index contributed by atoms with van der Waals surface area (Å²) < 4.78 is 18.7. The summed E-state index contributed by atoms with van der Waals surface area (Å²) in [4.78, 5) is 13.0. The second kappa shape index (κ2) is 5.88. The Balaban J connectivity index is 1.93. The summed E-state index contributed by atoms with van der Waals surface area (Å²) in [6.07, 6.45) is 0. The minimum atomic E-state index is -0.335. The number of rotatable bonds is 5. The fraction of sp³-hybridized carbons (Fsp3) is 0.462. The molecule has 1 aromatic carbocycles. The van der Waals surface area contributed by atoms with E-state index in [1.165, 1.54) is 12.1 Å². The van der Waals surface area contributed by atoms with E-state index in [-0.39, 0.29) is 17.9 Å². The smallest absolute Gasteiger partial charge is 0.317 e. The number of urea groups is 1. The maximum absolute atomic E-state index is 13.2. The van der Waals surface area contributed by atoms with Gasteiger partial charge in [-0.15, -0.1) is 0 Å². The fourth-order valence-electron chi connectivity index (χ4n) is 2.00. The first-order valence-corrected chi connectivity index (χ1v) is 6.28. The van der Waals surface area contributed by atoms with Crippen molar-refractivity contribution in [3.63, 3.8) is 0 Å². The van der Waals surface area contributed by atoms with E-state index in [0.717, 1.165) is 0 Å². The molecule has 0 saturated carbocycles. The highest BCUT2D eigenvalue weighted by atomic mass is 19.1. The SMILES string of the molecule is CC(N)c1cc(F)ccc1OCCN1CCNC1=O. The second-order valence-electron chi connectivity index (χ2n) is 4.54. The summed E-state index contributed by atoms with van der Waals surface area (Å²) in [5, 5.41) is 2.72. The quantitative estimate of drug-likeness (QED) is 0.843. The van der Waals surface area contributed by atoms with Gasteiger partial charge in [0.15, 0.2) is 0 Å². The Bertz CT molecular complexity index is 465. The molecule has 1 saturated heterocycles. The van der Waals surface area contributed by atoms with E-state index < -0.39 is 0 Å². The van der Waals surface area contributed by atoms with E-state index in [9.17, 15) is 9.18 Å². The van der Waals surface area contributed by atoms with Crippen LogP contribution in [0.4, 0.5) is 9.18 Å². The second-order valence-corrected chi connectivity index (χ2v) is 4.54. The number of amides is 2. The van der Waals surface area contributed by atoms with Crippen molar-refractivity contribution in [2.75, 3.05) is 26.2 Å². The van der Waals surface area contributed by atoms with Crippen LogP contribution in [0.1, 0.15) is 18.5 Å². The Morgan fingerprint density at radius 3 is 3.00 bits per heavy atom. The lowest BCUT2D eigenvalue weighted by Crippen LogP contribution is -2.32. The molecule has 6 heteroatoms. The zero-order valence-electron chi connectivity index (χ0n) is 10.9. The van der Waals surface area contributed by atoms with E-state index in [1.807, 2.05) is 0 Å². The number of nitrogens with two attached hydrogens (primary N) is 1. The molecule has 1 unspecified atom stereocenters. The minimum absolute atomic E-state index is 0.0740. The monoisotopic (exact) mass is 267 g/mol. The van der Waals surface area contributed by atoms with Crippen molar-refractivity contribution in [3.8, 4) is 5.75 Å². The van der Waals surface area contributed by atoms with Crippen LogP contribution in [0.5, 0.6) is 5.75 Å². The molecule has 0 aliphatic carbocycles. The Hall–Kier alpha value is -1.82. The summed E-state index contributed by atoms with van der Waals surface area (Å²) in [6, 6.07) is 3.90. The van der Waals surface area contributed by atoms with Gasteiger partial charge >= 0.3 is 6.03 Å². The number of nitrogens with one attached hydrogen (secondary N) is 1. The lowest BCUT2D eigenvalue weighted by molar-refractivity contribution is 0.202. The minimum Gasteiger partial charge on any atom is -0.491 e. The standard InChI is InChI=1S/C13H18FN3O2/c1-9(15)11-8-10(14)2-3-12(11)19-7-6-17-5-4-16-13(17)18/h2-3,8-9H,4-7,15H2,1H3,(H,16,18). The molecule has 104 valence electrons. The van der Waals surface area contributed by atoms with Gasteiger partial charge in [0, 0.05) is 24.7 Å². The van der Waals surface area contributed by atoms with Gasteiger partial charge in [0.25, 0.3) is 0 Å². The first-order chi connectivity index (χ1) is 9.08. The lowest BCUT2D eigenvalue weighted by atomic mass is 10.1. The number of carbonyl (C=O) groups excluding carboxylic acids is 1. The third-order valence-electron chi connectivity index (χ3n) is 3.03. The van der Waals surface area contributed by atoms with Crippen LogP contribution in [-0.4, -0.2) is 37.2 Å². The maximum atomic E-state index is 13.2. The van der Waals surface area contributed by atoms with Gasteiger partial charge < -0.3 is 20.7 Å². The Kier molecular flexibility index (Phi) is 4.21. The first kappa shape index (κ1) is 13.6. The van der Waals surface area contributed by atoms with Crippen LogP contribution >= 0.6 is 0 Å². The van der Waals surface area contributed by atoms with Gasteiger partial charge in [-0.1, -0.05) is 0 Å². The van der Waals surface area contributed by atoms with E-state index >= 15 is 0 Å². The van der Waals surface area contributed by atoms with Gasteiger partial charge in [-0.3, -0.25) is 0 Å². The molecule has 1 aliphatic rings. The number of halogens is 1. The zero-order valence-corrected chi connectivity index (χ0v) is 10.9. The molecule has 19 heavy (non-hydrogen) atoms. The predicted octanol–water partition coefficient (Wildman–Crippen LogP) is 1.25. The first-order valence-electron chi connectivity index (χ1n) is 6.28. The van der Waals surface area contributed by atoms with E-state index in [4.69, 9.17) is 10.5 Å². The zero-order chi connectivity index (χ0) is 13.8. The molecule has 1 heterocycles. The number of hydrogen-bond acceptors (Lipinski definition) is 3. The van der Waals surface area contributed by atoms with E-state index in [2.05, 4.69) is 5.32 Å². The normalized spacial score (nSPS) is 16.4. The van der Waals surface area contributed by atoms with Crippen LogP contribution in [0.3, 0.4) is 0 Å². The van der Waals surface area contributed by atoms with Crippen LogP contribution in [0.15, 0.2) is 18.2 Å². The third kappa shape index (κ3) is 3.35. The Labute approximate surface area is 111 Å². The van der Waals surface area contributed by atoms with Crippen molar-refractivity contribution >= 4 is 6.03 Å². The summed E-state index contributed by atoms with van der Waals surface area (Å²) in [5.41, 5.74) is 6.41.